The van der Waals surface area contributed by atoms with Gasteiger partial charge in [-0.05, 0) is 35.9 Å². The van der Waals surface area contributed by atoms with E-state index in [2.05, 4.69) is 15.0 Å². The summed E-state index contributed by atoms with van der Waals surface area (Å²) in [7, 11) is 1.59. The number of hydrogen-bond donors (Lipinski definition) is 1. The third kappa shape index (κ3) is 3.64. The van der Waals surface area contributed by atoms with E-state index >= 15 is 0 Å². The number of carbonyl (C=O) groups excluding carboxylic acids is 1. The number of nitrogens with two attached hydrogens (primary N) is 1. The van der Waals surface area contributed by atoms with Crippen LogP contribution in [-0.4, -0.2) is 36.3 Å². The van der Waals surface area contributed by atoms with Crippen LogP contribution in [0.15, 0.2) is 34.9 Å². The van der Waals surface area contributed by atoms with Gasteiger partial charge in [-0.3, -0.25) is 4.79 Å². The third-order valence-corrected chi connectivity index (χ3v) is 5.31. The van der Waals surface area contributed by atoms with E-state index in [0.717, 1.165) is 21.9 Å². The van der Waals surface area contributed by atoms with Gasteiger partial charge < -0.3 is 24.6 Å². The standard InChI is InChI=1S/C18H18N4O4S/c1-24-10-16-20-17(26-21-16)9-22-6-7-25-13-3-2-11(8-12(13)22)14-4-5-15(27-14)18(19)23/h2-5,8H,6-7,9-10H2,1H3,(H2,19,23). The second-order valence-corrected chi connectivity index (χ2v) is 7.10. The molecule has 27 heavy (non-hydrogen) atoms. The van der Waals surface area contributed by atoms with Crippen LogP contribution < -0.4 is 15.4 Å². The first kappa shape index (κ1) is 17.5. The number of aromatic nitrogens is 2. The summed E-state index contributed by atoms with van der Waals surface area (Å²) in [6.07, 6.45) is 0. The Labute approximate surface area is 159 Å². The molecule has 2 N–H and O–H groups in total. The van der Waals surface area contributed by atoms with E-state index in [1.807, 2.05) is 24.3 Å². The molecule has 1 aliphatic rings. The molecule has 0 spiro atoms. The maximum atomic E-state index is 11.4. The van der Waals surface area contributed by atoms with E-state index in [0.29, 0.717) is 42.9 Å². The molecule has 0 saturated carbocycles. The van der Waals surface area contributed by atoms with Crippen molar-refractivity contribution in [3.05, 3.63) is 46.9 Å². The molecular weight excluding hydrogens is 368 g/mol. The molecule has 4 rings (SSSR count). The van der Waals surface area contributed by atoms with Gasteiger partial charge in [-0.25, -0.2) is 0 Å². The van der Waals surface area contributed by atoms with E-state index in [1.165, 1.54) is 11.3 Å². The Hall–Kier alpha value is -2.91. The molecule has 0 bridgehead atoms. The van der Waals surface area contributed by atoms with Crippen LogP contribution in [0.1, 0.15) is 21.4 Å². The molecule has 1 aliphatic heterocycles. The first-order chi connectivity index (χ1) is 13.1. The Balaban J connectivity index is 1.61. The summed E-state index contributed by atoms with van der Waals surface area (Å²) in [6.45, 7) is 2.08. The van der Waals surface area contributed by atoms with Crippen molar-refractivity contribution in [2.75, 3.05) is 25.2 Å². The van der Waals surface area contributed by atoms with Crippen LogP contribution in [0, 0.1) is 0 Å². The Bertz CT molecular complexity index is 968. The van der Waals surface area contributed by atoms with Gasteiger partial charge in [0.15, 0.2) is 5.82 Å². The van der Waals surface area contributed by atoms with Gasteiger partial charge in [0.1, 0.15) is 19.0 Å². The monoisotopic (exact) mass is 386 g/mol. The Kier molecular flexibility index (Phi) is 4.78. The van der Waals surface area contributed by atoms with Crippen LogP contribution in [0.3, 0.4) is 0 Å². The predicted molar refractivity (Wildman–Crippen MR) is 99.8 cm³/mol. The van der Waals surface area contributed by atoms with Crippen LogP contribution in [0.5, 0.6) is 5.75 Å². The highest BCUT2D eigenvalue weighted by molar-refractivity contribution is 7.17. The van der Waals surface area contributed by atoms with Crippen molar-refractivity contribution in [2.24, 2.45) is 5.73 Å². The molecule has 0 aliphatic carbocycles. The van der Waals surface area contributed by atoms with Crippen molar-refractivity contribution < 1.29 is 18.8 Å². The number of ether oxygens (including phenoxy) is 2. The first-order valence-corrected chi connectivity index (χ1v) is 9.18. The molecule has 140 valence electrons. The zero-order chi connectivity index (χ0) is 18.8. The molecule has 0 unspecified atom stereocenters. The summed E-state index contributed by atoms with van der Waals surface area (Å²) in [5, 5.41) is 3.90. The lowest BCUT2D eigenvalue weighted by Crippen LogP contribution is -2.32. The average Bonchev–Trinajstić information content (AvgIpc) is 3.32. The number of benzene rings is 1. The van der Waals surface area contributed by atoms with Gasteiger partial charge in [0.25, 0.3) is 5.91 Å². The summed E-state index contributed by atoms with van der Waals surface area (Å²) in [6, 6.07) is 9.59. The lowest BCUT2D eigenvalue weighted by atomic mass is 10.1. The minimum atomic E-state index is -0.419. The highest BCUT2D eigenvalue weighted by atomic mass is 32.1. The summed E-state index contributed by atoms with van der Waals surface area (Å²) in [4.78, 5) is 19.3. The van der Waals surface area contributed by atoms with Crippen LogP contribution in [0.25, 0.3) is 10.4 Å². The largest absolute Gasteiger partial charge is 0.490 e. The molecule has 1 amide bonds. The first-order valence-electron chi connectivity index (χ1n) is 8.36. The third-order valence-electron chi connectivity index (χ3n) is 4.16. The van der Waals surface area contributed by atoms with E-state index in [1.54, 1.807) is 13.2 Å². The van der Waals surface area contributed by atoms with Crippen molar-refractivity contribution >= 4 is 22.9 Å². The molecule has 2 aromatic heterocycles. The molecule has 0 saturated heterocycles. The number of methoxy groups -OCH3 is 1. The fourth-order valence-electron chi connectivity index (χ4n) is 2.92. The second-order valence-electron chi connectivity index (χ2n) is 6.02. The summed E-state index contributed by atoms with van der Waals surface area (Å²) in [5.41, 5.74) is 7.30. The van der Waals surface area contributed by atoms with Crippen molar-refractivity contribution in [1.82, 2.24) is 10.1 Å². The van der Waals surface area contributed by atoms with E-state index in [9.17, 15) is 4.79 Å². The van der Waals surface area contributed by atoms with Crippen LogP contribution >= 0.6 is 11.3 Å². The molecule has 8 nitrogen and oxygen atoms in total. The SMILES string of the molecule is COCc1noc(CN2CCOc3ccc(-c4ccc(C(N)=O)s4)cc32)n1. The molecule has 3 heterocycles. The van der Waals surface area contributed by atoms with Crippen LogP contribution in [0.2, 0.25) is 0 Å². The van der Waals surface area contributed by atoms with Gasteiger partial charge in [-0.2, -0.15) is 4.98 Å². The quantitative estimate of drug-likeness (QED) is 0.694. The molecule has 3 aromatic rings. The minimum absolute atomic E-state index is 0.313. The van der Waals surface area contributed by atoms with Crippen LogP contribution in [-0.2, 0) is 17.9 Å². The number of hydrogen-bond acceptors (Lipinski definition) is 8. The van der Waals surface area contributed by atoms with Gasteiger partial charge in [0.2, 0.25) is 5.89 Å². The fourth-order valence-corrected chi connectivity index (χ4v) is 3.78. The molecule has 1 aromatic carbocycles. The number of rotatable bonds is 6. The van der Waals surface area contributed by atoms with Crippen molar-refractivity contribution in [3.63, 3.8) is 0 Å². The van der Waals surface area contributed by atoms with E-state index < -0.39 is 5.91 Å². The van der Waals surface area contributed by atoms with Crippen LogP contribution in [0.4, 0.5) is 5.69 Å². The van der Waals surface area contributed by atoms with Gasteiger partial charge in [-0.1, -0.05) is 5.16 Å². The maximum absolute atomic E-state index is 11.4. The van der Waals surface area contributed by atoms with Gasteiger partial charge in [-0.15, -0.1) is 11.3 Å². The zero-order valence-corrected chi connectivity index (χ0v) is 15.5. The highest BCUT2D eigenvalue weighted by Gasteiger charge is 2.22. The smallest absolute Gasteiger partial charge is 0.258 e. The molecule has 0 atom stereocenters. The summed E-state index contributed by atoms with van der Waals surface area (Å²) >= 11 is 1.37. The fraction of sp³-hybridized carbons (Fsp3) is 0.278. The van der Waals surface area contributed by atoms with Crippen molar-refractivity contribution in [3.8, 4) is 16.2 Å². The number of thiophene rings is 1. The Morgan fingerprint density at radius 3 is 3.04 bits per heavy atom. The topological polar surface area (TPSA) is 104 Å². The number of amides is 1. The molecular formula is C18H18N4O4S. The van der Waals surface area contributed by atoms with Crippen molar-refractivity contribution in [2.45, 2.75) is 13.2 Å². The summed E-state index contributed by atoms with van der Waals surface area (Å²) < 4.78 is 16.1. The minimum Gasteiger partial charge on any atom is -0.490 e. The van der Waals surface area contributed by atoms with Gasteiger partial charge in [0.05, 0.1) is 23.7 Å². The number of nitrogens with zero attached hydrogens (tertiary/aromatic N) is 3. The van der Waals surface area contributed by atoms with Crippen molar-refractivity contribution in [1.29, 1.82) is 0 Å². The molecule has 0 fully saturated rings. The van der Waals surface area contributed by atoms with E-state index in [-0.39, 0.29) is 0 Å². The molecule has 0 radical (unpaired) electrons. The zero-order valence-electron chi connectivity index (χ0n) is 14.7. The summed E-state index contributed by atoms with van der Waals surface area (Å²) in [5.74, 6) is 1.42. The lowest BCUT2D eigenvalue weighted by molar-refractivity contribution is 0.100. The predicted octanol–water partition coefficient (Wildman–Crippen LogP) is 2.44. The second kappa shape index (κ2) is 7.37. The maximum Gasteiger partial charge on any atom is 0.258 e. The lowest BCUT2D eigenvalue weighted by Gasteiger charge is -2.30. The average molecular weight is 386 g/mol. The van der Waals surface area contributed by atoms with Gasteiger partial charge >= 0.3 is 0 Å². The number of fused-ring (bicyclic) bond motifs is 1. The number of anilines is 1. The number of primary amides is 1. The Morgan fingerprint density at radius 2 is 2.26 bits per heavy atom. The molecule has 9 heteroatoms. The normalized spacial score (nSPS) is 13.3. The highest BCUT2D eigenvalue weighted by Crippen LogP contribution is 2.38. The van der Waals surface area contributed by atoms with E-state index in [4.69, 9.17) is 19.7 Å². The Morgan fingerprint density at radius 1 is 1.37 bits per heavy atom. The van der Waals surface area contributed by atoms with Gasteiger partial charge in [0, 0.05) is 12.0 Å². The number of carbonyl (C=O) groups is 1.